The monoisotopic (exact) mass is 357 g/mol. The first-order valence-electron chi connectivity index (χ1n) is 9.42. The minimum Gasteiger partial charge on any atom is -0.370 e. The molecular weight excluding hydrogens is 337 g/mol. The van der Waals surface area contributed by atoms with Crippen molar-refractivity contribution < 1.29 is 4.39 Å². The van der Waals surface area contributed by atoms with Crippen LogP contribution in [0.15, 0.2) is 66.7 Å². The third-order valence-electron chi connectivity index (χ3n) is 5.25. The van der Waals surface area contributed by atoms with E-state index in [2.05, 4.69) is 41.7 Å². The Hall–Kier alpha value is -3.14. The summed E-state index contributed by atoms with van der Waals surface area (Å²) in [4.78, 5) is 0. The second-order valence-corrected chi connectivity index (χ2v) is 6.95. The zero-order valence-corrected chi connectivity index (χ0v) is 15.0. The number of hydrogen-bond acceptors (Lipinski definition) is 2. The molecule has 1 aromatic heterocycles. The largest absolute Gasteiger partial charge is 0.370 e. The molecule has 27 heavy (non-hydrogen) atoms. The van der Waals surface area contributed by atoms with Crippen molar-refractivity contribution in [3.05, 3.63) is 78.1 Å². The molecule has 4 aromatic rings. The van der Waals surface area contributed by atoms with E-state index in [4.69, 9.17) is 5.10 Å². The molecule has 2 heterocycles. The molecular formula is C23H20FN3. The van der Waals surface area contributed by atoms with Crippen LogP contribution < -0.4 is 5.32 Å². The van der Waals surface area contributed by atoms with Gasteiger partial charge in [-0.2, -0.15) is 5.10 Å². The van der Waals surface area contributed by atoms with E-state index in [1.807, 2.05) is 12.1 Å². The fourth-order valence-corrected chi connectivity index (χ4v) is 3.95. The normalized spacial score (nSPS) is 13.8. The maximum Gasteiger partial charge on any atom is 0.148 e. The highest BCUT2D eigenvalue weighted by molar-refractivity contribution is 5.97. The van der Waals surface area contributed by atoms with Gasteiger partial charge >= 0.3 is 0 Å². The number of fused-ring (bicyclic) bond motifs is 2. The SMILES string of the molecule is Fc1ccccc1-n1nc(-c2cccc3ccccc23)c2c1NCCCC2. The number of nitrogens with zero attached hydrogens (tertiary/aromatic N) is 2. The lowest BCUT2D eigenvalue weighted by molar-refractivity contribution is 0.611. The van der Waals surface area contributed by atoms with Gasteiger partial charge in [0, 0.05) is 17.7 Å². The van der Waals surface area contributed by atoms with Crippen LogP contribution >= 0.6 is 0 Å². The number of para-hydroxylation sites is 1. The van der Waals surface area contributed by atoms with E-state index in [0.717, 1.165) is 42.9 Å². The van der Waals surface area contributed by atoms with Gasteiger partial charge in [-0.25, -0.2) is 9.07 Å². The zero-order chi connectivity index (χ0) is 18.2. The zero-order valence-electron chi connectivity index (χ0n) is 15.0. The molecule has 1 aliphatic heterocycles. The van der Waals surface area contributed by atoms with Crippen LogP contribution in [0.25, 0.3) is 27.7 Å². The molecule has 0 spiro atoms. The Kier molecular flexibility index (Phi) is 3.89. The average Bonchev–Trinajstić information content (AvgIpc) is 2.88. The van der Waals surface area contributed by atoms with E-state index >= 15 is 0 Å². The van der Waals surface area contributed by atoms with Crippen LogP contribution in [0.3, 0.4) is 0 Å². The van der Waals surface area contributed by atoms with E-state index in [1.54, 1.807) is 16.8 Å². The minimum atomic E-state index is -0.265. The summed E-state index contributed by atoms with van der Waals surface area (Å²) in [7, 11) is 0. The fraction of sp³-hybridized carbons (Fsp3) is 0.174. The van der Waals surface area contributed by atoms with Crippen LogP contribution in [-0.2, 0) is 6.42 Å². The molecule has 134 valence electrons. The first kappa shape index (κ1) is 16.1. The van der Waals surface area contributed by atoms with Gasteiger partial charge in [0.15, 0.2) is 0 Å². The van der Waals surface area contributed by atoms with Crippen molar-refractivity contribution in [2.75, 3.05) is 11.9 Å². The maximum absolute atomic E-state index is 14.5. The fourth-order valence-electron chi connectivity index (χ4n) is 3.95. The summed E-state index contributed by atoms with van der Waals surface area (Å²) in [6, 6.07) is 21.5. The van der Waals surface area contributed by atoms with Crippen molar-refractivity contribution in [2.24, 2.45) is 0 Å². The lowest BCUT2D eigenvalue weighted by Gasteiger charge is -2.09. The van der Waals surface area contributed by atoms with Gasteiger partial charge in [0.2, 0.25) is 0 Å². The number of hydrogen-bond donors (Lipinski definition) is 1. The molecule has 0 amide bonds. The first-order valence-corrected chi connectivity index (χ1v) is 9.42. The maximum atomic E-state index is 14.5. The molecule has 5 rings (SSSR count). The molecule has 0 bridgehead atoms. The van der Waals surface area contributed by atoms with E-state index < -0.39 is 0 Å². The topological polar surface area (TPSA) is 29.9 Å². The third kappa shape index (κ3) is 2.69. The summed E-state index contributed by atoms with van der Waals surface area (Å²) >= 11 is 0. The second-order valence-electron chi connectivity index (χ2n) is 6.95. The molecule has 0 saturated carbocycles. The van der Waals surface area contributed by atoms with E-state index in [9.17, 15) is 4.39 Å². The van der Waals surface area contributed by atoms with Crippen molar-refractivity contribution in [2.45, 2.75) is 19.3 Å². The molecule has 0 atom stereocenters. The lowest BCUT2D eigenvalue weighted by atomic mass is 9.98. The van der Waals surface area contributed by atoms with Gasteiger partial charge in [-0.3, -0.25) is 0 Å². The van der Waals surface area contributed by atoms with Crippen molar-refractivity contribution in [3.8, 4) is 16.9 Å². The number of rotatable bonds is 2. The van der Waals surface area contributed by atoms with Crippen LogP contribution in [0.2, 0.25) is 0 Å². The van der Waals surface area contributed by atoms with E-state index in [-0.39, 0.29) is 5.82 Å². The third-order valence-corrected chi connectivity index (χ3v) is 5.25. The summed E-state index contributed by atoms with van der Waals surface area (Å²) in [6.07, 6.45) is 3.14. The number of benzene rings is 3. The van der Waals surface area contributed by atoms with Crippen LogP contribution in [0, 0.1) is 5.82 Å². The molecule has 0 saturated heterocycles. The Bertz CT molecular complexity index is 1120. The van der Waals surface area contributed by atoms with Gasteiger partial charge in [0.1, 0.15) is 17.3 Å². The van der Waals surface area contributed by atoms with Gasteiger partial charge in [-0.15, -0.1) is 0 Å². The van der Waals surface area contributed by atoms with Gasteiger partial charge in [-0.1, -0.05) is 54.6 Å². The number of aromatic nitrogens is 2. The summed E-state index contributed by atoms with van der Waals surface area (Å²) in [5.74, 6) is 0.652. The highest BCUT2D eigenvalue weighted by Crippen LogP contribution is 2.37. The molecule has 3 nitrogen and oxygen atoms in total. The highest BCUT2D eigenvalue weighted by Gasteiger charge is 2.23. The van der Waals surface area contributed by atoms with Crippen LogP contribution in [0.1, 0.15) is 18.4 Å². The Balaban J connectivity index is 1.79. The van der Waals surface area contributed by atoms with Crippen molar-refractivity contribution in [1.29, 1.82) is 0 Å². The summed E-state index contributed by atoms with van der Waals surface area (Å²) in [5, 5.41) is 10.7. The van der Waals surface area contributed by atoms with Crippen molar-refractivity contribution >= 4 is 16.6 Å². The van der Waals surface area contributed by atoms with Gasteiger partial charge in [-0.05, 0) is 42.2 Å². The Labute approximate surface area is 157 Å². The van der Waals surface area contributed by atoms with Crippen LogP contribution in [0.5, 0.6) is 0 Å². The molecule has 0 aliphatic carbocycles. The van der Waals surface area contributed by atoms with E-state index in [1.165, 1.54) is 22.4 Å². The molecule has 4 heteroatoms. The predicted octanol–water partition coefficient (Wildman–Crippen LogP) is 5.58. The summed E-state index contributed by atoms with van der Waals surface area (Å²) in [6.45, 7) is 0.877. The van der Waals surface area contributed by atoms with Crippen molar-refractivity contribution in [3.63, 3.8) is 0 Å². The average molecular weight is 357 g/mol. The summed E-state index contributed by atoms with van der Waals surface area (Å²) < 4.78 is 16.3. The number of halogens is 1. The number of nitrogens with one attached hydrogen (secondary N) is 1. The van der Waals surface area contributed by atoms with E-state index in [0.29, 0.717) is 5.69 Å². The number of anilines is 1. The molecule has 0 unspecified atom stereocenters. The minimum absolute atomic E-state index is 0.265. The second kappa shape index (κ2) is 6.54. The van der Waals surface area contributed by atoms with Gasteiger partial charge in [0.25, 0.3) is 0 Å². The highest BCUT2D eigenvalue weighted by atomic mass is 19.1. The smallest absolute Gasteiger partial charge is 0.148 e. The van der Waals surface area contributed by atoms with Crippen molar-refractivity contribution in [1.82, 2.24) is 9.78 Å². The van der Waals surface area contributed by atoms with Crippen LogP contribution in [-0.4, -0.2) is 16.3 Å². The first-order chi connectivity index (χ1) is 13.3. The molecule has 1 N–H and O–H groups in total. The Morgan fingerprint density at radius 1 is 0.889 bits per heavy atom. The molecule has 0 fully saturated rings. The Morgan fingerprint density at radius 2 is 1.70 bits per heavy atom. The molecule has 1 aliphatic rings. The quantitative estimate of drug-likeness (QED) is 0.507. The van der Waals surface area contributed by atoms with Gasteiger partial charge < -0.3 is 5.32 Å². The summed E-state index contributed by atoms with van der Waals surface area (Å²) in [5.41, 5.74) is 3.70. The standard InChI is InChI=1S/C23H20FN3/c24-20-13-3-4-14-21(20)27-23-19(11-5-6-15-25-23)22(26-27)18-12-7-9-16-8-1-2-10-17(16)18/h1-4,7-10,12-14,25H,5-6,11,15H2. The molecule has 0 radical (unpaired) electrons. The molecule has 3 aromatic carbocycles. The lowest BCUT2D eigenvalue weighted by Crippen LogP contribution is -2.08. The van der Waals surface area contributed by atoms with Crippen LogP contribution in [0.4, 0.5) is 10.2 Å². The van der Waals surface area contributed by atoms with Gasteiger partial charge in [0.05, 0.1) is 5.69 Å². The Morgan fingerprint density at radius 3 is 2.63 bits per heavy atom. The predicted molar refractivity (Wildman–Crippen MR) is 108 cm³/mol.